The second kappa shape index (κ2) is 8.99. The maximum atomic E-state index is 4.92. The lowest BCUT2D eigenvalue weighted by atomic mass is 10.1. The van der Waals surface area contributed by atoms with E-state index in [0.717, 1.165) is 49.1 Å². The highest BCUT2D eigenvalue weighted by atomic mass is 15.3. The van der Waals surface area contributed by atoms with E-state index >= 15 is 0 Å². The number of benzene rings is 1. The normalized spacial score (nSPS) is 15.2. The number of hydrogen-bond donors (Lipinski definition) is 1. The van der Waals surface area contributed by atoms with E-state index < -0.39 is 0 Å². The van der Waals surface area contributed by atoms with Gasteiger partial charge in [-0.3, -0.25) is 0 Å². The monoisotopic (exact) mass is 353 g/mol. The molecule has 2 aromatic rings. The predicted molar refractivity (Wildman–Crippen MR) is 110 cm³/mol. The largest absolute Gasteiger partial charge is 0.368 e. The molecule has 0 radical (unpaired) electrons. The molecule has 26 heavy (non-hydrogen) atoms. The van der Waals surface area contributed by atoms with Gasteiger partial charge in [-0.2, -0.15) is 4.98 Å². The number of hydrogen-bond acceptors (Lipinski definition) is 5. The van der Waals surface area contributed by atoms with Gasteiger partial charge in [0.1, 0.15) is 5.82 Å². The van der Waals surface area contributed by atoms with Crippen LogP contribution in [0.1, 0.15) is 31.2 Å². The number of anilines is 2. The van der Waals surface area contributed by atoms with E-state index in [4.69, 9.17) is 9.97 Å². The summed E-state index contributed by atoms with van der Waals surface area (Å²) in [5.41, 5.74) is 3.49. The van der Waals surface area contributed by atoms with Crippen LogP contribution in [0.25, 0.3) is 11.1 Å². The van der Waals surface area contributed by atoms with E-state index in [1.807, 2.05) is 6.20 Å². The molecule has 0 amide bonds. The molecule has 1 N–H and O–H groups in total. The Labute approximate surface area is 157 Å². The quantitative estimate of drug-likeness (QED) is 0.856. The van der Waals surface area contributed by atoms with Crippen LogP contribution < -0.4 is 10.2 Å². The first kappa shape index (κ1) is 18.6. The summed E-state index contributed by atoms with van der Waals surface area (Å²) < 4.78 is 0. The van der Waals surface area contributed by atoms with Crippen molar-refractivity contribution in [1.82, 2.24) is 14.9 Å². The van der Waals surface area contributed by atoms with Gasteiger partial charge in [0.15, 0.2) is 0 Å². The van der Waals surface area contributed by atoms with Gasteiger partial charge in [-0.05, 0) is 39.4 Å². The average molecular weight is 354 g/mol. The minimum Gasteiger partial charge on any atom is -0.368 e. The third-order valence-electron chi connectivity index (χ3n) is 4.88. The van der Waals surface area contributed by atoms with Gasteiger partial charge in [0.25, 0.3) is 0 Å². The van der Waals surface area contributed by atoms with Gasteiger partial charge in [0, 0.05) is 37.9 Å². The zero-order valence-electron chi connectivity index (χ0n) is 16.3. The molecule has 0 atom stereocenters. The van der Waals surface area contributed by atoms with Crippen molar-refractivity contribution in [1.29, 1.82) is 0 Å². The lowest BCUT2D eigenvalue weighted by Crippen LogP contribution is -2.27. The van der Waals surface area contributed by atoms with Crippen LogP contribution in [0.2, 0.25) is 0 Å². The first-order valence-corrected chi connectivity index (χ1v) is 9.71. The van der Waals surface area contributed by atoms with Crippen LogP contribution >= 0.6 is 0 Å². The molecule has 1 aromatic heterocycles. The number of aryl methyl sites for hydroxylation is 1. The molecule has 140 valence electrons. The molecular formula is C21H31N5. The summed E-state index contributed by atoms with van der Waals surface area (Å²) in [6.45, 7) is 6.06. The van der Waals surface area contributed by atoms with Gasteiger partial charge in [0.2, 0.25) is 5.95 Å². The molecule has 5 nitrogen and oxygen atoms in total. The zero-order valence-corrected chi connectivity index (χ0v) is 16.3. The second-order valence-electron chi connectivity index (χ2n) is 7.43. The first-order chi connectivity index (χ1) is 12.6. The molecule has 5 heteroatoms. The van der Waals surface area contributed by atoms with Gasteiger partial charge < -0.3 is 15.1 Å². The minimum atomic E-state index is 0.857. The highest BCUT2D eigenvalue weighted by Gasteiger charge is 2.15. The predicted octanol–water partition coefficient (Wildman–Crippen LogP) is 3.81. The third-order valence-corrected chi connectivity index (χ3v) is 4.88. The molecule has 1 aliphatic rings. The number of aromatic nitrogens is 2. The van der Waals surface area contributed by atoms with Crippen LogP contribution in [-0.2, 0) is 0 Å². The number of nitrogens with one attached hydrogen (secondary N) is 1. The fourth-order valence-corrected chi connectivity index (χ4v) is 3.27. The molecule has 0 bridgehead atoms. The molecular weight excluding hydrogens is 322 g/mol. The number of likely N-dealkylation sites (N-methyl/N-ethyl adjacent to an activating group) is 1. The Hall–Kier alpha value is -2.14. The smallest absolute Gasteiger partial charge is 0.227 e. The molecule has 0 aliphatic carbocycles. The Kier molecular flexibility index (Phi) is 6.45. The molecule has 0 spiro atoms. The minimum absolute atomic E-state index is 0.857. The highest BCUT2D eigenvalue weighted by molar-refractivity contribution is 5.75. The zero-order chi connectivity index (χ0) is 18.4. The Morgan fingerprint density at radius 3 is 2.38 bits per heavy atom. The summed E-state index contributed by atoms with van der Waals surface area (Å²) in [4.78, 5) is 14.1. The van der Waals surface area contributed by atoms with E-state index in [9.17, 15) is 0 Å². The first-order valence-electron chi connectivity index (χ1n) is 9.71. The molecule has 1 fully saturated rings. The summed E-state index contributed by atoms with van der Waals surface area (Å²) in [5, 5.41) is 3.53. The van der Waals surface area contributed by atoms with Crippen LogP contribution in [-0.4, -0.2) is 55.1 Å². The third kappa shape index (κ3) is 4.94. The average Bonchev–Trinajstić information content (AvgIpc) is 2.92. The maximum Gasteiger partial charge on any atom is 0.227 e. The molecule has 1 aliphatic heterocycles. The lowest BCUT2D eigenvalue weighted by molar-refractivity contribution is 0.425. The fraction of sp³-hybridized carbons (Fsp3) is 0.524. The van der Waals surface area contributed by atoms with Gasteiger partial charge >= 0.3 is 0 Å². The van der Waals surface area contributed by atoms with Crippen molar-refractivity contribution in [2.75, 3.05) is 50.5 Å². The van der Waals surface area contributed by atoms with Crippen molar-refractivity contribution in [3.05, 3.63) is 36.0 Å². The van der Waals surface area contributed by atoms with E-state index in [-0.39, 0.29) is 0 Å². The van der Waals surface area contributed by atoms with Crippen LogP contribution in [0.3, 0.4) is 0 Å². The summed E-state index contributed by atoms with van der Waals surface area (Å²) in [6, 6.07) is 8.58. The molecule has 3 rings (SSSR count). The maximum absolute atomic E-state index is 4.92. The van der Waals surface area contributed by atoms with Crippen molar-refractivity contribution >= 4 is 11.8 Å². The van der Waals surface area contributed by atoms with Crippen molar-refractivity contribution in [2.45, 2.75) is 32.6 Å². The van der Waals surface area contributed by atoms with Crippen LogP contribution in [0, 0.1) is 6.92 Å². The van der Waals surface area contributed by atoms with E-state index in [1.54, 1.807) is 0 Å². The Morgan fingerprint density at radius 1 is 1.04 bits per heavy atom. The van der Waals surface area contributed by atoms with Gasteiger partial charge in [0.05, 0.1) is 0 Å². The topological polar surface area (TPSA) is 44.3 Å². The number of rotatable bonds is 6. The van der Waals surface area contributed by atoms with E-state index in [2.05, 4.69) is 60.4 Å². The van der Waals surface area contributed by atoms with E-state index in [1.165, 1.54) is 31.2 Å². The van der Waals surface area contributed by atoms with Crippen LogP contribution in [0.4, 0.5) is 11.8 Å². The summed E-state index contributed by atoms with van der Waals surface area (Å²) >= 11 is 0. The standard InChI is InChI=1S/C21H31N5/c1-17-8-10-18(11-9-17)19-16-23-21(26-13-6-4-5-7-14-26)24-20(19)22-12-15-25(2)3/h8-11,16H,4-7,12-15H2,1-3H3,(H,22,23,24). The van der Waals surface area contributed by atoms with Gasteiger partial charge in [-0.25, -0.2) is 4.98 Å². The Morgan fingerprint density at radius 2 is 1.73 bits per heavy atom. The van der Waals surface area contributed by atoms with Crippen molar-refractivity contribution in [2.24, 2.45) is 0 Å². The van der Waals surface area contributed by atoms with Gasteiger partial charge in [-0.1, -0.05) is 42.7 Å². The SMILES string of the molecule is Cc1ccc(-c2cnc(N3CCCCCC3)nc2NCCN(C)C)cc1. The fourth-order valence-electron chi connectivity index (χ4n) is 3.27. The molecule has 0 saturated carbocycles. The van der Waals surface area contributed by atoms with Crippen molar-refractivity contribution in [3.8, 4) is 11.1 Å². The summed E-state index contributed by atoms with van der Waals surface area (Å²) in [6.07, 6.45) is 7.06. The van der Waals surface area contributed by atoms with E-state index in [0.29, 0.717) is 0 Å². The molecule has 0 unspecified atom stereocenters. The Bertz CT molecular complexity index is 688. The number of nitrogens with zero attached hydrogens (tertiary/aromatic N) is 4. The van der Waals surface area contributed by atoms with Crippen LogP contribution in [0.5, 0.6) is 0 Å². The van der Waals surface area contributed by atoms with Crippen molar-refractivity contribution in [3.63, 3.8) is 0 Å². The highest BCUT2D eigenvalue weighted by Crippen LogP contribution is 2.28. The summed E-state index contributed by atoms with van der Waals surface area (Å²) in [7, 11) is 4.18. The molecule has 1 aromatic carbocycles. The van der Waals surface area contributed by atoms with Gasteiger partial charge in [-0.15, -0.1) is 0 Å². The summed E-state index contributed by atoms with van der Waals surface area (Å²) in [5.74, 6) is 1.79. The van der Waals surface area contributed by atoms with Crippen LogP contribution in [0.15, 0.2) is 30.5 Å². The Balaban J connectivity index is 1.88. The lowest BCUT2D eigenvalue weighted by Gasteiger charge is -2.22. The van der Waals surface area contributed by atoms with Crippen molar-refractivity contribution < 1.29 is 0 Å². The molecule has 1 saturated heterocycles. The second-order valence-corrected chi connectivity index (χ2v) is 7.43. The molecule has 2 heterocycles.